The molecule has 0 unspecified atom stereocenters. The number of carbonyl (C=O) groups is 4. The van der Waals surface area contributed by atoms with Crippen LogP contribution < -0.4 is 15.5 Å². The highest BCUT2D eigenvalue weighted by molar-refractivity contribution is 6.21. The van der Waals surface area contributed by atoms with E-state index in [1.807, 2.05) is 0 Å². The fourth-order valence-electron chi connectivity index (χ4n) is 3.42. The molecule has 0 saturated carbocycles. The molecule has 13 heteroatoms. The van der Waals surface area contributed by atoms with Crippen LogP contribution in [-0.4, -0.2) is 53.2 Å². The minimum Gasteiger partial charge on any atom is -0.428 e. The van der Waals surface area contributed by atoms with Crippen LogP contribution in [0.15, 0.2) is 41.2 Å². The number of carbonyl (C=O) groups excluding carboxylic acids is 4. The van der Waals surface area contributed by atoms with Crippen LogP contribution in [0.5, 0.6) is 0 Å². The van der Waals surface area contributed by atoms with Crippen molar-refractivity contribution in [1.29, 1.82) is 5.41 Å². The lowest BCUT2D eigenvalue weighted by atomic mass is 10.1. The molecule has 0 spiro atoms. The van der Waals surface area contributed by atoms with Crippen LogP contribution in [0.3, 0.4) is 0 Å². The summed E-state index contributed by atoms with van der Waals surface area (Å²) in [6.07, 6.45) is 1.78. The monoisotopic (exact) mass is 524 g/mol. The number of aromatic amines is 1. The number of nitrogens with one attached hydrogen (secondary N) is 4. The molecule has 2 heterocycles. The van der Waals surface area contributed by atoms with E-state index in [2.05, 4.69) is 20.8 Å². The number of ether oxygens (including phenoxy) is 2. The number of aromatic nitrogens is 2. The first-order chi connectivity index (χ1) is 18.2. The summed E-state index contributed by atoms with van der Waals surface area (Å²) in [6, 6.07) is 6.00. The highest BCUT2D eigenvalue weighted by Crippen LogP contribution is 2.26. The summed E-state index contributed by atoms with van der Waals surface area (Å²) in [4.78, 5) is 53.7. The van der Waals surface area contributed by atoms with E-state index >= 15 is 0 Å². The van der Waals surface area contributed by atoms with E-state index < -0.39 is 24.8 Å². The Balaban J connectivity index is 2.00. The number of H-pyrrole nitrogens is 1. The Morgan fingerprint density at radius 1 is 1.11 bits per heavy atom. The molecule has 2 aromatic heterocycles. The number of amidine groups is 1. The van der Waals surface area contributed by atoms with Crippen LogP contribution in [0.1, 0.15) is 57.8 Å². The first kappa shape index (κ1) is 27.6. The van der Waals surface area contributed by atoms with Crippen molar-refractivity contribution in [3.8, 4) is 0 Å². The predicted molar refractivity (Wildman–Crippen MR) is 136 cm³/mol. The molecular formula is C25H28N6O7. The molecule has 0 aliphatic heterocycles. The fraction of sp³-hybridized carbons (Fsp3) is 0.280. The summed E-state index contributed by atoms with van der Waals surface area (Å²) in [6.45, 7) is 6.42. The minimum absolute atomic E-state index is 0.0864. The van der Waals surface area contributed by atoms with Gasteiger partial charge in [0.05, 0.1) is 16.9 Å². The number of hydrogen-bond donors (Lipinski definition) is 4. The molecule has 1 aromatic carbocycles. The highest BCUT2D eigenvalue weighted by atomic mass is 16.7. The normalized spacial score (nSPS) is 10.4. The van der Waals surface area contributed by atoms with Crippen LogP contribution in [0.4, 0.5) is 16.3 Å². The van der Waals surface area contributed by atoms with Crippen LogP contribution >= 0.6 is 0 Å². The quantitative estimate of drug-likeness (QED) is 0.142. The van der Waals surface area contributed by atoms with Gasteiger partial charge < -0.3 is 29.6 Å². The smallest absolute Gasteiger partial charge is 0.423 e. The van der Waals surface area contributed by atoms with Gasteiger partial charge in [0, 0.05) is 30.8 Å². The van der Waals surface area contributed by atoms with Gasteiger partial charge in [0.25, 0.3) is 11.8 Å². The number of esters is 1. The first-order valence-corrected chi connectivity index (χ1v) is 11.7. The molecule has 13 nitrogen and oxygen atoms in total. The Kier molecular flexibility index (Phi) is 8.98. The van der Waals surface area contributed by atoms with Gasteiger partial charge in [-0.15, -0.1) is 0 Å². The molecule has 4 N–H and O–H groups in total. The van der Waals surface area contributed by atoms with E-state index in [0.29, 0.717) is 23.2 Å². The van der Waals surface area contributed by atoms with Gasteiger partial charge in [-0.2, -0.15) is 0 Å². The lowest BCUT2D eigenvalue weighted by Gasteiger charge is -2.24. The zero-order chi connectivity index (χ0) is 27.8. The Morgan fingerprint density at radius 2 is 1.87 bits per heavy atom. The van der Waals surface area contributed by atoms with Gasteiger partial charge in [-0.05, 0) is 44.0 Å². The van der Waals surface area contributed by atoms with Crippen LogP contribution in [0, 0.1) is 19.3 Å². The van der Waals surface area contributed by atoms with Gasteiger partial charge in [-0.25, -0.2) is 9.69 Å². The number of rotatable bonds is 9. The Bertz CT molecular complexity index is 1350. The molecule has 0 fully saturated rings. The fourth-order valence-corrected chi connectivity index (χ4v) is 3.42. The lowest BCUT2D eigenvalue weighted by Crippen LogP contribution is -2.39. The Labute approximate surface area is 218 Å². The maximum atomic E-state index is 13.2. The second-order valence-corrected chi connectivity index (χ2v) is 7.98. The van der Waals surface area contributed by atoms with Gasteiger partial charge in [-0.3, -0.25) is 19.8 Å². The second kappa shape index (κ2) is 12.3. The molecule has 0 atom stereocenters. The van der Waals surface area contributed by atoms with Crippen LogP contribution in [0.25, 0.3) is 0 Å². The predicted octanol–water partition coefficient (Wildman–Crippen LogP) is 3.50. The maximum Gasteiger partial charge on any atom is 0.423 e. The molecule has 3 rings (SSSR count). The number of hydrogen-bond acceptors (Lipinski definition) is 9. The average Bonchev–Trinajstić information content (AvgIpc) is 3.54. The Morgan fingerprint density at radius 3 is 2.53 bits per heavy atom. The zero-order valence-corrected chi connectivity index (χ0v) is 21.3. The third-order valence-corrected chi connectivity index (χ3v) is 5.45. The molecule has 0 aliphatic rings. The Hall–Kier alpha value is -4.94. The number of aryl methyl sites for hydroxylation is 1. The topological polar surface area (TPSA) is 180 Å². The van der Waals surface area contributed by atoms with Crippen molar-refractivity contribution >= 4 is 41.2 Å². The molecule has 3 amide bonds. The van der Waals surface area contributed by atoms with Gasteiger partial charge in [0.1, 0.15) is 6.26 Å². The summed E-state index contributed by atoms with van der Waals surface area (Å²) in [5.41, 5.74) is 1.74. The second-order valence-electron chi connectivity index (χ2n) is 7.98. The average molecular weight is 525 g/mol. The first-order valence-electron chi connectivity index (χ1n) is 11.7. The van der Waals surface area contributed by atoms with Crippen molar-refractivity contribution in [3.63, 3.8) is 0 Å². The summed E-state index contributed by atoms with van der Waals surface area (Å²) < 4.78 is 14.7. The van der Waals surface area contributed by atoms with Gasteiger partial charge >= 0.3 is 12.1 Å². The number of amides is 3. The third-order valence-electron chi connectivity index (χ3n) is 5.45. The van der Waals surface area contributed by atoms with E-state index in [1.165, 1.54) is 30.7 Å². The lowest BCUT2D eigenvalue weighted by molar-refractivity contribution is -0.151. The van der Waals surface area contributed by atoms with Gasteiger partial charge in [0.15, 0.2) is 11.7 Å². The minimum atomic E-state index is -1.04. The van der Waals surface area contributed by atoms with Crippen molar-refractivity contribution in [3.05, 3.63) is 64.7 Å². The molecule has 0 saturated heterocycles. The molecule has 38 heavy (non-hydrogen) atoms. The molecule has 0 aliphatic carbocycles. The van der Waals surface area contributed by atoms with Crippen molar-refractivity contribution in [2.24, 2.45) is 0 Å². The third kappa shape index (κ3) is 6.24. The zero-order valence-electron chi connectivity index (χ0n) is 21.3. The van der Waals surface area contributed by atoms with Crippen LogP contribution in [-0.2, 0) is 14.3 Å². The SMILES string of the molecule is CCNC(=O)c1c[nH]c(C(=N)N(C(=O)OCOC(=O)CC)c2cc(C(=O)Nc3ccon3)ccc2C)c1C. The number of anilines is 2. The van der Waals surface area contributed by atoms with E-state index in [9.17, 15) is 19.2 Å². The van der Waals surface area contributed by atoms with Crippen molar-refractivity contribution in [2.75, 3.05) is 23.6 Å². The summed E-state index contributed by atoms with van der Waals surface area (Å²) >= 11 is 0. The van der Waals surface area contributed by atoms with Crippen molar-refractivity contribution in [2.45, 2.75) is 34.1 Å². The largest absolute Gasteiger partial charge is 0.428 e. The summed E-state index contributed by atoms with van der Waals surface area (Å²) in [5, 5.41) is 17.8. The van der Waals surface area contributed by atoms with Gasteiger partial charge in [0.2, 0.25) is 6.79 Å². The summed E-state index contributed by atoms with van der Waals surface area (Å²) in [5.74, 6) is -1.62. The molecular weight excluding hydrogens is 496 g/mol. The number of nitrogens with zero attached hydrogens (tertiary/aromatic N) is 2. The van der Waals surface area contributed by atoms with E-state index in [4.69, 9.17) is 19.4 Å². The maximum absolute atomic E-state index is 13.2. The standard InChI is InChI=1S/C25H28N6O7/c1-5-20(32)36-13-37-25(35)31(22(26)21-15(4)17(12-28-21)24(34)27-6-2)18-11-16(8-7-14(18)3)23(33)29-19-9-10-38-30-19/h7-12,26,28H,5-6,13H2,1-4H3,(H,27,34)(H,29,30,33). The summed E-state index contributed by atoms with van der Waals surface area (Å²) in [7, 11) is 0. The van der Waals surface area contributed by atoms with E-state index in [-0.39, 0.29) is 40.9 Å². The van der Waals surface area contributed by atoms with Gasteiger partial charge in [-0.1, -0.05) is 18.1 Å². The van der Waals surface area contributed by atoms with E-state index in [1.54, 1.807) is 33.8 Å². The van der Waals surface area contributed by atoms with Crippen molar-refractivity contribution in [1.82, 2.24) is 15.5 Å². The van der Waals surface area contributed by atoms with Crippen molar-refractivity contribution < 1.29 is 33.2 Å². The van der Waals surface area contributed by atoms with Crippen LogP contribution in [0.2, 0.25) is 0 Å². The number of benzene rings is 1. The molecule has 0 bridgehead atoms. The molecule has 200 valence electrons. The van der Waals surface area contributed by atoms with E-state index in [0.717, 1.165) is 4.90 Å². The molecule has 3 aromatic rings. The highest BCUT2D eigenvalue weighted by Gasteiger charge is 2.29. The molecule has 0 radical (unpaired) electrons.